The lowest BCUT2D eigenvalue weighted by molar-refractivity contribution is -0.113. The molecule has 1 saturated carbocycles. The molecule has 0 unspecified atom stereocenters. The molecular weight excluding hydrogens is 414 g/mol. The first-order chi connectivity index (χ1) is 15.2. The number of carbonyl (C=O) groups is 1. The van der Waals surface area contributed by atoms with Gasteiger partial charge in [-0.15, -0.1) is 10.2 Å². The second-order valence-corrected chi connectivity index (χ2v) is 8.74. The Morgan fingerprint density at radius 1 is 1.10 bits per heavy atom. The van der Waals surface area contributed by atoms with Gasteiger partial charge in [0.2, 0.25) is 11.9 Å². The summed E-state index contributed by atoms with van der Waals surface area (Å²) in [5.74, 6) is 2.48. The third-order valence-corrected chi connectivity index (χ3v) is 6.30. The van der Waals surface area contributed by atoms with E-state index < -0.39 is 0 Å². The van der Waals surface area contributed by atoms with Crippen LogP contribution in [0.1, 0.15) is 52.0 Å². The van der Waals surface area contributed by atoms with E-state index in [1.807, 2.05) is 26.0 Å². The minimum absolute atomic E-state index is 0.0820. The average molecular weight is 446 g/mol. The van der Waals surface area contributed by atoms with Gasteiger partial charge in [0.25, 0.3) is 0 Å². The SMILES string of the molecule is CCOc1ccc(NC(=O)CSc2nnc(N3CCCCC3)n2C2CC2)cc1OCC. The number of carbonyl (C=O) groups excluding carboxylic acids is 1. The third kappa shape index (κ3) is 5.44. The highest BCUT2D eigenvalue weighted by Gasteiger charge is 2.32. The summed E-state index contributed by atoms with van der Waals surface area (Å²) in [5.41, 5.74) is 0.690. The van der Waals surface area contributed by atoms with Gasteiger partial charge >= 0.3 is 0 Å². The van der Waals surface area contributed by atoms with Crippen molar-refractivity contribution in [1.82, 2.24) is 14.8 Å². The van der Waals surface area contributed by atoms with Crippen LogP contribution in [0, 0.1) is 0 Å². The number of hydrogen-bond acceptors (Lipinski definition) is 7. The fraction of sp³-hybridized carbons (Fsp3) is 0.591. The second kappa shape index (κ2) is 10.3. The Labute approximate surface area is 187 Å². The lowest BCUT2D eigenvalue weighted by Gasteiger charge is -2.27. The summed E-state index contributed by atoms with van der Waals surface area (Å²) in [6, 6.07) is 5.93. The molecule has 168 valence electrons. The Kier molecular flexibility index (Phi) is 7.21. The van der Waals surface area contributed by atoms with Gasteiger partial charge in [-0.25, -0.2) is 0 Å². The second-order valence-electron chi connectivity index (χ2n) is 7.80. The molecule has 2 heterocycles. The molecule has 2 fully saturated rings. The molecule has 1 aromatic carbocycles. The van der Waals surface area contributed by atoms with Crippen LogP contribution in [0.2, 0.25) is 0 Å². The maximum Gasteiger partial charge on any atom is 0.234 e. The van der Waals surface area contributed by atoms with Crippen molar-refractivity contribution >= 4 is 29.3 Å². The van der Waals surface area contributed by atoms with Crippen LogP contribution in [-0.4, -0.2) is 52.7 Å². The van der Waals surface area contributed by atoms with Crippen molar-refractivity contribution in [2.45, 2.75) is 57.1 Å². The van der Waals surface area contributed by atoms with E-state index in [0.717, 1.165) is 37.0 Å². The average Bonchev–Trinajstić information content (AvgIpc) is 3.53. The zero-order chi connectivity index (χ0) is 21.6. The molecule has 1 aliphatic carbocycles. The number of thioether (sulfide) groups is 1. The number of anilines is 2. The summed E-state index contributed by atoms with van der Waals surface area (Å²) in [6.45, 7) is 7.02. The molecule has 1 aliphatic heterocycles. The molecule has 0 spiro atoms. The first-order valence-corrected chi connectivity index (χ1v) is 12.2. The maximum absolute atomic E-state index is 12.6. The first-order valence-electron chi connectivity index (χ1n) is 11.2. The van der Waals surface area contributed by atoms with Crippen LogP contribution in [0.4, 0.5) is 11.6 Å². The molecule has 0 bridgehead atoms. The Morgan fingerprint density at radius 2 is 1.84 bits per heavy atom. The zero-order valence-corrected chi connectivity index (χ0v) is 19.1. The van der Waals surface area contributed by atoms with Crippen LogP contribution < -0.4 is 19.7 Å². The normalized spacial score (nSPS) is 16.3. The van der Waals surface area contributed by atoms with E-state index in [-0.39, 0.29) is 11.7 Å². The molecule has 1 N–H and O–H groups in total. The monoisotopic (exact) mass is 445 g/mol. The Morgan fingerprint density at radius 3 is 2.55 bits per heavy atom. The van der Waals surface area contributed by atoms with Gasteiger partial charge < -0.3 is 19.7 Å². The lowest BCUT2D eigenvalue weighted by Crippen LogP contribution is -2.32. The molecule has 1 aromatic heterocycles. The van der Waals surface area contributed by atoms with Gasteiger partial charge in [-0.1, -0.05) is 11.8 Å². The quantitative estimate of drug-likeness (QED) is 0.551. The lowest BCUT2D eigenvalue weighted by atomic mass is 10.1. The number of benzene rings is 1. The molecule has 8 nitrogen and oxygen atoms in total. The van der Waals surface area contributed by atoms with Gasteiger partial charge in [-0.3, -0.25) is 9.36 Å². The third-order valence-electron chi connectivity index (χ3n) is 5.36. The Balaban J connectivity index is 1.39. The van der Waals surface area contributed by atoms with Crippen LogP contribution in [0.3, 0.4) is 0 Å². The number of nitrogens with zero attached hydrogens (tertiary/aromatic N) is 4. The van der Waals surface area contributed by atoms with E-state index >= 15 is 0 Å². The Hall–Kier alpha value is -2.42. The molecule has 9 heteroatoms. The van der Waals surface area contributed by atoms with Crippen molar-refractivity contribution in [3.05, 3.63) is 18.2 Å². The number of amides is 1. The molecule has 31 heavy (non-hydrogen) atoms. The van der Waals surface area contributed by atoms with E-state index in [1.165, 1.54) is 31.0 Å². The molecule has 0 atom stereocenters. The summed E-state index contributed by atoms with van der Waals surface area (Å²) >= 11 is 1.45. The standard InChI is InChI=1S/C22H31N5O3S/c1-3-29-18-11-8-16(14-19(18)30-4-2)23-20(28)15-31-22-25-24-21(27(22)17-9-10-17)26-12-6-5-7-13-26/h8,11,14,17H,3-7,9-10,12-13,15H2,1-2H3,(H,23,28). The minimum Gasteiger partial charge on any atom is -0.490 e. The summed E-state index contributed by atoms with van der Waals surface area (Å²) < 4.78 is 13.5. The molecule has 2 aliphatic rings. The van der Waals surface area contributed by atoms with E-state index in [2.05, 4.69) is 25.0 Å². The molecular formula is C22H31N5O3S. The predicted molar refractivity (Wildman–Crippen MR) is 122 cm³/mol. The van der Waals surface area contributed by atoms with Crippen molar-refractivity contribution in [2.75, 3.05) is 42.3 Å². The van der Waals surface area contributed by atoms with E-state index in [1.54, 1.807) is 6.07 Å². The van der Waals surface area contributed by atoms with Gasteiger partial charge in [-0.05, 0) is 58.1 Å². The molecule has 1 amide bonds. The van der Waals surface area contributed by atoms with Crippen molar-refractivity contribution in [3.8, 4) is 11.5 Å². The van der Waals surface area contributed by atoms with Gasteiger partial charge in [0.1, 0.15) is 0 Å². The fourth-order valence-electron chi connectivity index (χ4n) is 3.79. The van der Waals surface area contributed by atoms with Gasteiger partial charge in [0.15, 0.2) is 16.7 Å². The number of ether oxygens (including phenoxy) is 2. The highest BCUT2D eigenvalue weighted by Crippen LogP contribution is 2.41. The van der Waals surface area contributed by atoms with Crippen molar-refractivity contribution in [1.29, 1.82) is 0 Å². The minimum atomic E-state index is -0.0820. The van der Waals surface area contributed by atoms with Crippen LogP contribution in [-0.2, 0) is 4.79 Å². The Bertz CT molecular complexity index is 893. The van der Waals surface area contributed by atoms with Crippen molar-refractivity contribution in [3.63, 3.8) is 0 Å². The molecule has 4 rings (SSSR count). The number of hydrogen-bond donors (Lipinski definition) is 1. The maximum atomic E-state index is 12.6. The number of piperidine rings is 1. The zero-order valence-electron chi connectivity index (χ0n) is 18.3. The van der Waals surface area contributed by atoms with Crippen LogP contribution in [0.25, 0.3) is 0 Å². The topological polar surface area (TPSA) is 81.5 Å². The van der Waals surface area contributed by atoms with E-state index in [4.69, 9.17) is 9.47 Å². The van der Waals surface area contributed by atoms with Gasteiger partial charge in [0, 0.05) is 30.9 Å². The first kappa shape index (κ1) is 21.8. The van der Waals surface area contributed by atoms with Crippen LogP contribution >= 0.6 is 11.8 Å². The van der Waals surface area contributed by atoms with E-state index in [9.17, 15) is 4.79 Å². The summed E-state index contributed by atoms with van der Waals surface area (Å²) in [4.78, 5) is 14.9. The molecule has 0 radical (unpaired) electrons. The van der Waals surface area contributed by atoms with Crippen LogP contribution in [0.15, 0.2) is 23.4 Å². The summed E-state index contributed by atoms with van der Waals surface area (Å²) in [7, 11) is 0. The van der Waals surface area contributed by atoms with E-state index in [0.29, 0.717) is 36.4 Å². The van der Waals surface area contributed by atoms with Gasteiger partial charge in [-0.2, -0.15) is 0 Å². The summed E-state index contributed by atoms with van der Waals surface area (Å²) in [6.07, 6.45) is 6.00. The predicted octanol–water partition coefficient (Wildman–Crippen LogP) is 4.13. The van der Waals surface area contributed by atoms with Crippen LogP contribution in [0.5, 0.6) is 11.5 Å². The highest BCUT2D eigenvalue weighted by molar-refractivity contribution is 7.99. The summed E-state index contributed by atoms with van der Waals surface area (Å²) in [5, 5.41) is 12.7. The molecule has 1 saturated heterocycles. The smallest absolute Gasteiger partial charge is 0.234 e. The van der Waals surface area contributed by atoms with Crippen molar-refractivity contribution < 1.29 is 14.3 Å². The number of aromatic nitrogens is 3. The fourth-order valence-corrected chi connectivity index (χ4v) is 4.59. The van der Waals surface area contributed by atoms with Gasteiger partial charge in [0.05, 0.1) is 19.0 Å². The van der Waals surface area contributed by atoms with Crippen molar-refractivity contribution in [2.24, 2.45) is 0 Å². The largest absolute Gasteiger partial charge is 0.490 e. The number of nitrogens with one attached hydrogen (secondary N) is 1. The highest BCUT2D eigenvalue weighted by atomic mass is 32.2. The molecule has 2 aromatic rings. The number of rotatable bonds is 10.